The van der Waals surface area contributed by atoms with Crippen LogP contribution in [0.25, 0.3) is 0 Å². The van der Waals surface area contributed by atoms with Crippen molar-refractivity contribution in [2.45, 2.75) is 25.9 Å². The van der Waals surface area contributed by atoms with Gasteiger partial charge in [-0.3, -0.25) is 9.69 Å². The topological polar surface area (TPSA) is 44.4 Å². The van der Waals surface area contributed by atoms with Crippen LogP contribution in [0.15, 0.2) is 24.3 Å². The largest absolute Gasteiger partial charge is 0.418 e. The highest BCUT2D eigenvalue weighted by atomic mass is 19.4. The molecule has 1 saturated heterocycles. The lowest BCUT2D eigenvalue weighted by atomic mass is 9.99. The van der Waals surface area contributed by atoms with Crippen molar-refractivity contribution in [3.63, 3.8) is 0 Å². The number of halogens is 3. The SMILES string of the molecule is CCN(CC(=O)Nc1ccccc1C(F)(F)F)CC1CCCNC1. The quantitative estimate of drug-likeness (QED) is 0.835. The molecule has 0 spiro atoms. The number of piperidine rings is 1. The van der Waals surface area contributed by atoms with Gasteiger partial charge in [-0.2, -0.15) is 13.2 Å². The average molecular weight is 343 g/mol. The first-order valence-electron chi connectivity index (χ1n) is 8.29. The fourth-order valence-corrected chi connectivity index (χ4v) is 2.98. The molecule has 1 amide bonds. The van der Waals surface area contributed by atoms with E-state index in [0.717, 1.165) is 38.5 Å². The maximum Gasteiger partial charge on any atom is 0.418 e. The first kappa shape index (κ1) is 18.7. The molecule has 0 saturated carbocycles. The first-order valence-corrected chi connectivity index (χ1v) is 8.29. The van der Waals surface area contributed by atoms with Crippen molar-refractivity contribution in [2.24, 2.45) is 5.92 Å². The zero-order chi connectivity index (χ0) is 17.6. The van der Waals surface area contributed by atoms with Crippen molar-refractivity contribution in [3.05, 3.63) is 29.8 Å². The average Bonchev–Trinajstić information content (AvgIpc) is 2.54. The monoisotopic (exact) mass is 343 g/mol. The Morgan fingerprint density at radius 2 is 2.12 bits per heavy atom. The van der Waals surface area contributed by atoms with E-state index < -0.39 is 17.6 Å². The molecule has 1 heterocycles. The first-order chi connectivity index (χ1) is 11.4. The van der Waals surface area contributed by atoms with Gasteiger partial charge in [-0.15, -0.1) is 0 Å². The molecule has 1 unspecified atom stereocenters. The highest BCUT2D eigenvalue weighted by molar-refractivity contribution is 5.93. The molecule has 24 heavy (non-hydrogen) atoms. The minimum absolute atomic E-state index is 0.0964. The Hall–Kier alpha value is -1.60. The molecular formula is C17H24F3N3O. The van der Waals surface area contributed by atoms with Gasteiger partial charge in [0.15, 0.2) is 0 Å². The summed E-state index contributed by atoms with van der Waals surface area (Å²) in [5.74, 6) is 0.0614. The molecule has 0 aliphatic carbocycles. The van der Waals surface area contributed by atoms with Gasteiger partial charge in [0.2, 0.25) is 5.91 Å². The summed E-state index contributed by atoms with van der Waals surface area (Å²) in [6.45, 7) is 5.46. The molecule has 1 aliphatic rings. The van der Waals surface area contributed by atoms with E-state index in [1.807, 2.05) is 11.8 Å². The third-order valence-corrected chi connectivity index (χ3v) is 4.24. The standard InChI is InChI=1S/C17H24F3N3O/c1-2-23(11-13-6-5-9-21-10-13)12-16(24)22-15-8-4-3-7-14(15)17(18,19)20/h3-4,7-8,13,21H,2,5-6,9-12H2,1H3,(H,22,24). The van der Waals surface area contributed by atoms with E-state index in [0.29, 0.717) is 12.5 Å². The molecular weight excluding hydrogens is 319 g/mol. The molecule has 4 nitrogen and oxygen atoms in total. The third-order valence-electron chi connectivity index (χ3n) is 4.24. The van der Waals surface area contributed by atoms with E-state index in [1.54, 1.807) is 0 Å². The lowest BCUT2D eigenvalue weighted by Crippen LogP contribution is -2.41. The van der Waals surface area contributed by atoms with Crippen LogP contribution in [0, 0.1) is 5.92 Å². The molecule has 1 fully saturated rings. The number of amides is 1. The summed E-state index contributed by atoms with van der Waals surface area (Å²) in [5, 5.41) is 5.73. The molecule has 2 rings (SSSR count). The summed E-state index contributed by atoms with van der Waals surface area (Å²) in [6, 6.07) is 5.05. The Morgan fingerprint density at radius 3 is 2.75 bits per heavy atom. The molecule has 0 aromatic heterocycles. The predicted molar refractivity (Wildman–Crippen MR) is 87.8 cm³/mol. The van der Waals surface area contributed by atoms with Crippen LogP contribution >= 0.6 is 0 Å². The molecule has 1 aromatic carbocycles. The van der Waals surface area contributed by atoms with Crippen molar-refractivity contribution in [2.75, 3.05) is 38.0 Å². The number of hydrogen-bond donors (Lipinski definition) is 2. The fraction of sp³-hybridized carbons (Fsp3) is 0.588. The van der Waals surface area contributed by atoms with Crippen LogP contribution in [-0.4, -0.2) is 43.5 Å². The number of alkyl halides is 3. The van der Waals surface area contributed by atoms with E-state index >= 15 is 0 Å². The molecule has 0 radical (unpaired) electrons. The van der Waals surface area contributed by atoms with Crippen molar-refractivity contribution in [1.29, 1.82) is 0 Å². The summed E-state index contributed by atoms with van der Waals surface area (Å²) in [7, 11) is 0. The Balaban J connectivity index is 1.94. The second kappa shape index (κ2) is 8.48. The number of nitrogens with zero attached hydrogens (tertiary/aromatic N) is 1. The number of anilines is 1. The number of rotatable bonds is 6. The van der Waals surface area contributed by atoms with Crippen molar-refractivity contribution in [1.82, 2.24) is 10.2 Å². The van der Waals surface area contributed by atoms with Gasteiger partial charge in [0.05, 0.1) is 17.8 Å². The molecule has 1 atom stereocenters. The van der Waals surface area contributed by atoms with E-state index in [9.17, 15) is 18.0 Å². The molecule has 7 heteroatoms. The Labute approximate surface area is 140 Å². The van der Waals surface area contributed by atoms with E-state index in [4.69, 9.17) is 0 Å². The second-order valence-corrected chi connectivity index (χ2v) is 6.13. The number of para-hydroxylation sites is 1. The number of likely N-dealkylation sites (N-methyl/N-ethyl adjacent to an activating group) is 1. The smallest absolute Gasteiger partial charge is 0.324 e. The Bertz CT molecular complexity index is 542. The van der Waals surface area contributed by atoms with Gasteiger partial charge in [-0.1, -0.05) is 19.1 Å². The van der Waals surface area contributed by atoms with Gasteiger partial charge < -0.3 is 10.6 Å². The van der Waals surface area contributed by atoms with E-state index in [2.05, 4.69) is 10.6 Å². The van der Waals surface area contributed by atoms with Crippen molar-refractivity contribution >= 4 is 11.6 Å². The zero-order valence-corrected chi connectivity index (χ0v) is 13.8. The summed E-state index contributed by atoms with van der Waals surface area (Å²) < 4.78 is 38.9. The molecule has 134 valence electrons. The minimum Gasteiger partial charge on any atom is -0.324 e. The predicted octanol–water partition coefficient (Wildman–Crippen LogP) is 2.97. The molecule has 0 bridgehead atoms. The molecule has 2 N–H and O–H groups in total. The minimum atomic E-state index is -4.48. The summed E-state index contributed by atoms with van der Waals surface area (Å²) in [5.41, 5.74) is -1.01. The van der Waals surface area contributed by atoms with Crippen LogP contribution in [-0.2, 0) is 11.0 Å². The maximum absolute atomic E-state index is 13.0. The number of nitrogens with one attached hydrogen (secondary N) is 2. The van der Waals surface area contributed by atoms with Crippen LogP contribution in [0.1, 0.15) is 25.3 Å². The summed E-state index contributed by atoms with van der Waals surface area (Å²) >= 11 is 0. The zero-order valence-electron chi connectivity index (χ0n) is 13.8. The lowest BCUT2D eigenvalue weighted by Gasteiger charge is -2.29. The second-order valence-electron chi connectivity index (χ2n) is 6.13. The van der Waals surface area contributed by atoms with Gasteiger partial charge >= 0.3 is 6.18 Å². The molecule has 1 aromatic rings. The summed E-state index contributed by atoms with van der Waals surface area (Å²) in [4.78, 5) is 14.1. The Morgan fingerprint density at radius 1 is 1.38 bits per heavy atom. The van der Waals surface area contributed by atoms with Gasteiger partial charge in [0.1, 0.15) is 0 Å². The third kappa shape index (κ3) is 5.49. The van der Waals surface area contributed by atoms with Gasteiger partial charge in [-0.25, -0.2) is 0 Å². The van der Waals surface area contributed by atoms with Gasteiger partial charge in [0, 0.05) is 6.54 Å². The van der Waals surface area contributed by atoms with Gasteiger partial charge in [-0.05, 0) is 50.5 Å². The normalized spacial score (nSPS) is 18.6. The van der Waals surface area contributed by atoms with Crippen LogP contribution in [0.2, 0.25) is 0 Å². The maximum atomic E-state index is 13.0. The van der Waals surface area contributed by atoms with E-state index in [1.165, 1.54) is 18.2 Å². The van der Waals surface area contributed by atoms with Crippen LogP contribution < -0.4 is 10.6 Å². The molecule has 1 aliphatic heterocycles. The van der Waals surface area contributed by atoms with Crippen molar-refractivity contribution < 1.29 is 18.0 Å². The number of hydrogen-bond acceptors (Lipinski definition) is 3. The lowest BCUT2D eigenvalue weighted by molar-refractivity contribution is -0.137. The van der Waals surface area contributed by atoms with Gasteiger partial charge in [0.25, 0.3) is 0 Å². The van der Waals surface area contributed by atoms with Crippen molar-refractivity contribution in [3.8, 4) is 0 Å². The van der Waals surface area contributed by atoms with Crippen LogP contribution in [0.3, 0.4) is 0 Å². The Kier molecular flexibility index (Phi) is 6.62. The number of carbonyl (C=O) groups excluding carboxylic acids is 1. The summed E-state index contributed by atoms with van der Waals surface area (Å²) in [6.07, 6.45) is -2.25. The highest BCUT2D eigenvalue weighted by Crippen LogP contribution is 2.34. The van der Waals surface area contributed by atoms with E-state index in [-0.39, 0.29) is 12.2 Å². The number of benzene rings is 1. The fourth-order valence-electron chi connectivity index (χ4n) is 2.98. The van der Waals surface area contributed by atoms with Crippen LogP contribution in [0.4, 0.5) is 18.9 Å². The highest BCUT2D eigenvalue weighted by Gasteiger charge is 2.33. The van der Waals surface area contributed by atoms with Crippen LogP contribution in [0.5, 0.6) is 0 Å². The number of carbonyl (C=O) groups is 1.